The van der Waals surface area contributed by atoms with Crippen LogP contribution in [0.15, 0.2) is 30.5 Å². The molecular formula is C17H18F3N5OS. The topological polar surface area (TPSA) is 63.5 Å². The number of anilines is 1. The number of rotatable bonds is 5. The van der Waals surface area contributed by atoms with Crippen LogP contribution in [0.1, 0.15) is 12.8 Å². The highest BCUT2D eigenvalue weighted by atomic mass is 32.1. The SMILES string of the molecule is FC(F)(F)Oc1cccc(-c2cnc3sc(NCC4CCNCC4)nn23)c1. The molecule has 0 unspecified atom stereocenters. The molecule has 0 aliphatic carbocycles. The molecule has 0 amide bonds. The molecule has 3 heterocycles. The lowest BCUT2D eigenvalue weighted by Gasteiger charge is -2.22. The second-order valence-corrected chi connectivity index (χ2v) is 7.35. The van der Waals surface area contributed by atoms with E-state index in [2.05, 4.69) is 25.5 Å². The Kier molecular flexibility index (Phi) is 4.92. The largest absolute Gasteiger partial charge is 0.573 e. The van der Waals surface area contributed by atoms with E-state index in [4.69, 9.17) is 0 Å². The van der Waals surface area contributed by atoms with Crippen molar-refractivity contribution in [3.8, 4) is 17.0 Å². The molecule has 144 valence electrons. The second-order valence-electron chi connectivity index (χ2n) is 6.39. The summed E-state index contributed by atoms with van der Waals surface area (Å²) in [6.07, 6.45) is -0.862. The highest BCUT2D eigenvalue weighted by Gasteiger charge is 2.31. The summed E-state index contributed by atoms with van der Waals surface area (Å²) in [5.41, 5.74) is 1.17. The zero-order valence-corrected chi connectivity index (χ0v) is 15.1. The average Bonchev–Trinajstić information content (AvgIpc) is 3.20. The number of piperidine rings is 1. The van der Waals surface area contributed by atoms with Gasteiger partial charge in [-0.1, -0.05) is 23.5 Å². The van der Waals surface area contributed by atoms with Crippen molar-refractivity contribution in [2.24, 2.45) is 5.92 Å². The van der Waals surface area contributed by atoms with Crippen LogP contribution in [-0.4, -0.2) is 40.6 Å². The number of nitrogens with zero attached hydrogens (tertiary/aromatic N) is 3. The number of aromatic nitrogens is 3. The maximum absolute atomic E-state index is 12.4. The number of fused-ring (bicyclic) bond motifs is 1. The Morgan fingerprint density at radius 2 is 2.11 bits per heavy atom. The van der Waals surface area contributed by atoms with Gasteiger partial charge in [0.05, 0.1) is 11.9 Å². The molecule has 3 aromatic rings. The summed E-state index contributed by atoms with van der Waals surface area (Å²) in [4.78, 5) is 5.00. The number of halogens is 3. The fraction of sp³-hybridized carbons (Fsp3) is 0.412. The van der Waals surface area contributed by atoms with Gasteiger partial charge in [-0.05, 0) is 44.0 Å². The van der Waals surface area contributed by atoms with Crippen LogP contribution in [0.4, 0.5) is 18.3 Å². The van der Waals surface area contributed by atoms with Crippen molar-refractivity contribution in [1.29, 1.82) is 0 Å². The normalized spacial score (nSPS) is 16.0. The fourth-order valence-electron chi connectivity index (χ4n) is 3.13. The summed E-state index contributed by atoms with van der Waals surface area (Å²) in [7, 11) is 0. The third kappa shape index (κ3) is 4.33. The van der Waals surface area contributed by atoms with Crippen LogP contribution in [-0.2, 0) is 0 Å². The number of nitrogens with one attached hydrogen (secondary N) is 2. The highest BCUT2D eigenvalue weighted by Crippen LogP contribution is 2.30. The van der Waals surface area contributed by atoms with Crippen LogP contribution in [0.3, 0.4) is 0 Å². The molecular weight excluding hydrogens is 379 g/mol. The molecule has 0 saturated carbocycles. The van der Waals surface area contributed by atoms with Crippen molar-refractivity contribution >= 4 is 21.4 Å². The number of ether oxygens (including phenoxy) is 1. The molecule has 1 aromatic carbocycles. The molecule has 4 rings (SSSR count). The standard InChI is InChI=1S/C17H18F3N5OS/c18-17(19,20)26-13-3-1-2-12(8-13)14-10-23-16-25(14)24-15(27-16)22-9-11-4-6-21-7-5-11/h1-3,8,10-11,21H,4-7,9H2,(H,22,24). The third-order valence-electron chi connectivity index (χ3n) is 4.45. The van der Waals surface area contributed by atoms with Crippen molar-refractivity contribution in [3.63, 3.8) is 0 Å². The first kappa shape index (κ1) is 18.1. The van der Waals surface area contributed by atoms with Crippen molar-refractivity contribution in [2.45, 2.75) is 19.2 Å². The summed E-state index contributed by atoms with van der Waals surface area (Å²) in [5.74, 6) is 0.340. The molecule has 10 heteroatoms. The van der Waals surface area contributed by atoms with E-state index in [-0.39, 0.29) is 5.75 Å². The first-order valence-corrected chi connectivity index (χ1v) is 9.45. The van der Waals surface area contributed by atoms with Crippen molar-refractivity contribution in [1.82, 2.24) is 19.9 Å². The quantitative estimate of drug-likeness (QED) is 0.686. The summed E-state index contributed by atoms with van der Waals surface area (Å²) >= 11 is 1.42. The minimum absolute atomic E-state index is 0.269. The highest BCUT2D eigenvalue weighted by molar-refractivity contribution is 7.20. The molecule has 0 atom stereocenters. The van der Waals surface area contributed by atoms with Gasteiger partial charge in [-0.15, -0.1) is 18.3 Å². The lowest BCUT2D eigenvalue weighted by atomic mass is 9.98. The van der Waals surface area contributed by atoms with E-state index in [9.17, 15) is 13.2 Å². The molecule has 0 spiro atoms. The molecule has 6 nitrogen and oxygen atoms in total. The van der Waals surface area contributed by atoms with Gasteiger partial charge in [-0.2, -0.15) is 0 Å². The Bertz CT molecular complexity index is 917. The molecule has 2 N–H and O–H groups in total. The van der Waals surface area contributed by atoms with Gasteiger partial charge in [0, 0.05) is 12.1 Å². The van der Waals surface area contributed by atoms with E-state index >= 15 is 0 Å². The minimum Gasteiger partial charge on any atom is -0.406 e. The maximum atomic E-state index is 12.4. The Balaban J connectivity index is 1.52. The van der Waals surface area contributed by atoms with Gasteiger partial charge in [0.1, 0.15) is 5.75 Å². The Morgan fingerprint density at radius 1 is 1.30 bits per heavy atom. The molecule has 1 aliphatic heterocycles. The molecule has 2 aromatic heterocycles. The average molecular weight is 397 g/mol. The van der Waals surface area contributed by atoms with Gasteiger partial charge >= 0.3 is 6.36 Å². The van der Waals surface area contributed by atoms with Crippen LogP contribution >= 0.6 is 11.3 Å². The Morgan fingerprint density at radius 3 is 2.89 bits per heavy atom. The fourth-order valence-corrected chi connectivity index (χ4v) is 3.91. The summed E-state index contributed by atoms with van der Waals surface area (Å²) in [6, 6.07) is 5.81. The van der Waals surface area contributed by atoms with Crippen molar-refractivity contribution in [2.75, 3.05) is 25.0 Å². The van der Waals surface area contributed by atoms with Crippen LogP contribution < -0.4 is 15.4 Å². The van der Waals surface area contributed by atoms with Crippen LogP contribution in [0.2, 0.25) is 0 Å². The number of hydrogen-bond acceptors (Lipinski definition) is 6. The molecule has 27 heavy (non-hydrogen) atoms. The number of imidazole rings is 1. The van der Waals surface area contributed by atoms with Crippen LogP contribution in [0.5, 0.6) is 5.75 Å². The number of benzene rings is 1. The first-order valence-electron chi connectivity index (χ1n) is 8.63. The van der Waals surface area contributed by atoms with E-state index in [1.165, 1.54) is 29.5 Å². The molecule has 1 fully saturated rings. The van der Waals surface area contributed by atoms with Crippen molar-refractivity contribution in [3.05, 3.63) is 30.5 Å². The van der Waals surface area contributed by atoms with Gasteiger partial charge in [0.15, 0.2) is 0 Å². The number of hydrogen-bond donors (Lipinski definition) is 2. The molecule has 0 radical (unpaired) electrons. The monoisotopic (exact) mass is 397 g/mol. The lowest BCUT2D eigenvalue weighted by molar-refractivity contribution is -0.274. The predicted octanol–water partition coefficient (Wildman–Crippen LogP) is 3.77. The van der Waals surface area contributed by atoms with Crippen LogP contribution in [0, 0.1) is 5.92 Å². The molecule has 1 saturated heterocycles. The van der Waals surface area contributed by atoms with E-state index in [0.29, 0.717) is 22.1 Å². The zero-order valence-electron chi connectivity index (χ0n) is 14.3. The maximum Gasteiger partial charge on any atom is 0.573 e. The Labute approximate surface area is 157 Å². The second kappa shape index (κ2) is 7.35. The lowest BCUT2D eigenvalue weighted by Crippen LogP contribution is -2.31. The van der Waals surface area contributed by atoms with Crippen molar-refractivity contribution < 1.29 is 17.9 Å². The smallest absolute Gasteiger partial charge is 0.406 e. The zero-order chi connectivity index (χ0) is 18.9. The first-order chi connectivity index (χ1) is 13.0. The van der Waals surface area contributed by atoms with Gasteiger partial charge in [-0.25, -0.2) is 9.50 Å². The van der Waals surface area contributed by atoms with E-state index < -0.39 is 6.36 Å². The van der Waals surface area contributed by atoms with Gasteiger partial charge in [-0.3, -0.25) is 0 Å². The minimum atomic E-state index is -4.72. The molecule has 0 bridgehead atoms. The van der Waals surface area contributed by atoms with E-state index in [0.717, 1.165) is 37.6 Å². The van der Waals surface area contributed by atoms with Crippen LogP contribution in [0.25, 0.3) is 16.2 Å². The van der Waals surface area contributed by atoms with E-state index in [1.807, 2.05) is 0 Å². The van der Waals surface area contributed by atoms with Gasteiger partial charge in [0.2, 0.25) is 10.1 Å². The third-order valence-corrected chi connectivity index (χ3v) is 5.33. The Hall–Kier alpha value is -2.33. The summed E-state index contributed by atoms with van der Waals surface area (Å²) in [6.45, 7) is 2.92. The van der Waals surface area contributed by atoms with E-state index in [1.54, 1.807) is 16.8 Å². The van der Waals surface area contributed by atoms with Gasteiger partial charge in [0.25, 0.3) is 0 Å². The summed E-state index contributed by atoms with van der Waals surface area (Å²) < 4.78 is 43.0. The molecule has 1 aliphatic rings. The summed E-state index contributed by atoms with van der Waals surface area (Å²) in [5, 5.41) is 12.0. The number of alkyl halides is 3. The van der Waals surface area contributed by atoms with Gasteiger partial charge < -0.3 is 15.4 Å². The predicted molar refractivity (Wildman–Crippen MR) is 97.1 cm³/mol.